The van der Waals surface area contributed by atoms with Gasteiger partial charge in [-0.05, 0) is 31.0 Å². The summed E-state index contributed by atoms with van der Waals surface area (Å²) >= 11 is 6.22. The summed E-state index contributed by atoms with van der Waals surface area (Å²) in [6, 6.07) is 1.93. The van der Waals surface area contributed by atoms with Crippen molar-refractivity contribution in [3.05, 3.63) is 22.2 Å². The van der Waals surface area contributed by atoms with Crippen LogP contribution in [0.4, 0.5) is 5.69 Å². The summed E-state index contributed by atoms with van der Waals surface area (Å²) in [7, 11) is 3.58. The number of aryl methyl sites for hydroxylation is 1. The molecule has 0 aliphatic rings. The number of nitrogens with one attached hydrogen (secondary N) is 1. The van der Waals surface area contributed by atoms with Crippen LogP contribution in [0, 0.1) is 13.8 Å². The van der Waals surface area contributed by atoms with Crippen molar-refractivity contribution in [3.8, 4) is 5.75 Å². The maximum Gasteiger partial charge on any atom is 0.142 e. The molecule has 1 aromatic rings. The third-order valence-electron chi connectivity index (χ3n) is 2.54. The molecule has 3 N–H and O–H groups in total. The summed E-state index contributed by atoms with van der Waals surface area (Å²) in [5, 5.41) is 0.764. The minimum Gasteiger partial charge on any atom is -0.495 e. The van der Waals surface area contributed by atoms with Gasteiger partial charge < -0.3 is 9.64 Å². The molecular formula is C11H18ClN3O. The highest BCUT2D eigenvalue weighted by Crippen LogP contribution is 2.37. The molecule has 0 unspecified atom stereocenters. The first kappa shape index (κ1) is 13.1. The van der Waals surface area contributed by atoms with Crippen LogP contribution < -0.4 is 20.9 Å². The fraction of sp³-hybridized carbons (Fsp3) is 0.455. The monoisotopic (exact) mass is 243 g/mol. The fourth-order valence-corrected chi connectivity index (χ4v) is 1.90. The number of hydrogen-bond acceptors (Lipinski definition) is 4. The zero-order valence-electron chi connectivity index (χ0n) is 10.1. The minimum atomic E-state index is 0.524. The number of rotatable bonds is 4. The molecule has 5 heteroatoms. The van der Waals surface area contributed by atoms with Crippen molar-refractivity contribution in [1.29, 1.82) is 0 Å². The molecular weight excluding hydrogens is 226 g/mol. The highest BCUT2D eigenvalue weighted by Gasteiger charge is 2.15. The van der Waals surface area contributed by atoms with Crippen LogP contribution in [0.2, 0.25) is 5.02 Å². The molecule has 1 aromatic carbocycles. The lowest BCUT2D eigenvalue weighted by atomic mass is 10.1. The number of benzene rings is 1. The van der Waals surface area contributed by atoms with E-state index in [0.29, 0.717) is 6.67 Å². The van der Waals surface area contributed by atoms with Crippen LogP contribution in [0.25, 0.3) is 0 Å². The van der Waals surface area contributed by atoms with Gasteiger partial charge in [0.1, 0.15) is 5.75 Å². The fourth-order valence-electron chi connectivity index (χ4n) is 1.76. The van der Waals surface area contributed by atoms with Crippen molar-refractivity contribution in [2.45, 2.75) is 13.8 Å². The quantitative estimate of drug-likeness (QED) is 0.481. The number of methoxy groups -OCH3 is 1. The van der Waals surface area contributed by atoms with Gasteiger partial charge in [-0.2, -0.15) is 0 Å². The van der Waals surface area contributed by atoms with Crippen LogP contribution >= 0.6 is 11.6 Å². The second-order valence-electron chi connectivity index (χ2n) is 3.74. The minimum absolute atomic E-state index is 0.524. The van der Waals surface area contributed by atoms with Crippen LogP contribution in [0.1, 0.15) is 11.1 Å². The lowest BCUT2D eigenvalue weighted by Crippen LogP contribution is -2.36. The van der Waals surface area contributed by atoms with E-state index >= 15 is 0 Å². The molecule has 90 valence electrons. The van der Waals surface area contributed by atoms with Gasteiger partial charge in [0.05, 0.1) is 19.5 Å². The van der Waals surface area contributed by atoms with Gasteiger partial charge >= 0.3 is 0 Å². The molecule has 16 heavy (non-hydrogen) atoms. The van der Waals surface area contributed by atoms with E-state index in [9.17, 15) is 0 Å². The maximum absolute atomic E-state index is 6.22. The molecule has 0 aliphatic carbocycles. The van der Waals surface area contributed by atoms with Crippen molar-refractivity contribution in [2.24, 2.45) is 5.84 Å². The zero-order chi connectivity index (χ0) is 12.3. The molecule has 4 nitrogen and oxygen atoms in total. The Morgan fingerprint density at radius 2 is 2.12 bits per heavy atom. The van der Waals surface area contributed by atoms with Crippen molar-refractivity contribution < 1.29 is 4.74 Å². The summed E-state index contributed by atoms with van der Waals surface area (Å²) in [5.74, 6) is 6.11. The molecule has 0 spiro atoms. The summed E-state index contributed by atoms with van der Waals surface area (Å²) in [5.41, 5.74) is 5.57. The number of halogens is 1. The summed E-state index contributed by atoms with van der Waals surface area (Å²) < 4.78 is 5.36. The third kappa shape index (κ3) is 2.40. The smallest absolute Gasteiger partial charge is 0.142 e. The average Bonchev–Trinajstić information content (AvgIpc) is 2.25. The van der Waals surface area contributed by atoms with Crippen LogP contribution in [-0.4, -0.2) is 20.8 Å². The van der Waals surface area contributed by atoms with E-state index in [2.05, 4.69) is 5.43 Å². The molecule has 0 aromatic heterocycles. The van der Waals surface area contributed by atoms with Gasteiger partial charge in [-0.1, -0.05) is 11.6 Å². The maximum atomic E-state index is 6.22. The highest BCUT2D eigenvalue weighted by molar-refractivity contribution is 6.32. The first-order valence-corrected chi connectivity index (χ1v) is 5.39. The number of nitrogens with zero attached hydrogens (tertiary/aromatic N) is 1. The van der Waals surface area contributed by atoms with Gasteiger partial charge in [-0.15, -0.1) is 0 Å². The first-order chi connectivity index (χ1) is 7.52. The van der Waals surface area contributed by atoms with Crippen LogP contribution in [-0.2, 0) is 0 Å². The van der Waals surface area contributed by atoms with Crippen molar-refractivity contribution in [2.75, 3.05) is 25.7 Å². The Labute approximate surface area is 101 Å². The van der Waals surface area contributed by atoms with Gasteiger partial charge in [-0.25, -0.2) is 5.43 Å². The lowest BCUT2D eigenvalue weighted by Gasteiger charge is -2.24. The Morgan fingerprint density at radius 3 is 2.62 bits per heavy atom. The SMILES string of the molecule is COc1cc(C)c(Cl)c(C)c1N(C)CNN. The lowest BCUT2D eigenvalue weighted by molar-refractivity contribution is 0.414. The zero-order valence-corrected chi connectivity index (χ0v) is 10.9. The second kappa shape index (κ2) is 5.39. The predicted octanol–water partition coefficient (Wildman–Crippen LogP) is 1.82. The van der Waals surface area contributed by atoms with Crippen LogP contribution in [0.3, 0.4) is 0 Å². The van der Waals surface area contributed by atoms with Crippen LogP contribution in [0.15, 0.2) is 6.07 Å². The molecule has 0 amide bonds. The Balaban J connectivity index is 3.29. The van der Waals surface area contributed by atoms with Crippen molar-refractivity contribution in [1.82, 2.24) is 5.43 Å². The molecule has 0 atom stereocenters. The van der Waals surface area contributed by atoms with E-state index < -0.39 is 0 Å². The normalized spacial score (nSPS) is 10.4. The van der Waals surface area contributed by atoms with Gasteiger partial charge in [0, 0.05) is 12.1 Å². The van der Waals surface area contributed by atoms with E-state index in [-0.39, 0.29) is 0 Å². The average molecular weight is 244 g/mol. The van der Waals surface area contributed by atoms with Gasteiger partial charge in [0.15, 0.2) is 0 Å². The Kier molecular flexibility index (Phi) is 4.41. The molecule has 0 aliphatic heterocycles. The second-order valence-corrected chi connectivity index (χ2v) is 4.12. The number of nitrogens with two attached hydrogens (primary N) is 1. The summed E-state index contributed by atoms with van der Waals surface area (Å²) in [6.45, 7) is 4.46. The van der Waals surface area contributed by atoms with Gasteiger partial charge in [0.25, 0.3) is 0 Å². The van der Waals surface area contributed by atoms with Gasteiger partial charge in [0.2, 0.25) is 0 Å². The predicted molar refractivity (Wildman–Crippen MR) is 68.1 cm³/mol. The molecule has 0 radical (unpaired) electrons. The molecule has 1 rings (SSSR count). The van der Waals surface area contributed by atoms with E-state index in [1.54, 1.807) is 7.11 Å². The largest absolute Gasteiger partial charge is 0.495 e. The van der Waals surface area contributed by atoms with E-state index in [1.807, 2.05) is 31.9 Å². The van der Waals surface area contributed by atoms with E-state index in [1.165, 1.54) is 0 Å². The van der Waals surface area contributed by atoms with Crippen molar-refractivity contribution >= 4 is 17.3 Å². The molecule has 0 heterocycles. The molecule has 0 bridgehead atoms. The Morgan fingerprint density at radius 1 is 1.50 bits per heavy atom. The van der Waals surface area contributed by atoms with Crippen LogP contribution in [0.5, 0.6) is 5.75 Å². The Hall–Kier alpha value is -0.970. The van der Waals surface area contributed by atoms with E-state index in [4.69, 9.17) is 22.2 Å². The standard InChI is InChI=1S/C11H18ClN3O/c1-7-5-9(16-4)11(8(2)10(7)12)15(3)6-14-13/h5,14H,6,13H2,1-4H3. The Bertz CT molecular complexity index is 382. The first-order valence-electron chi connectivity index (χ1n) is 5.01. The molecule has 0 saturated heterocycles. The van der Waals surface area contributed by atoms with Crippen molar-refractivity contribution in [3.63, 3.8) is 0 Å². The third-order valence-corrected chi connectivity index (χ3v) is 3.12. The van der Waals surface area contributed by atoms with Gasteiger partial charge in [-0.3, -0.25) is 5.84 Å². The summed E-state index contributed by atoms with van der Waals surface area (Å²) in [6.07, 6.45) is 0. The topological polar surface area (TPSA) is 50.5 Å². The number of hydrogen-bond donors (Lipinski definition) is 2. The highest BCUT2D eigenvalue weighted by atomic mass is 35.5. The van der Waals surface area contributed by atoms with E-state index in [0.717, 1.165) is 27.6 Å². The number of anilines is 1. The molecule has 0 fully saturated rings. The number of hydrazine groups is 1. The number of ether oxygens (including phenoxy) is 1. The molecule has 0 saturated carbocycles. The summed E-state index contributed by atoms with van der Waals surface area (Å²) in [4.78, 5) is 1.96.